The smallest absolute Gasteiger partial charge is 0.126 e. The number of rotatable bonds is 5. The highest BCUT2D eigenvalue weighted by atomic mass is 79.9. The monoisotopic (exact) mass is 358 g/mol. The van der Waals surface area contributed by atoms with Crippen LogP contribution < -0.4 is 4.74 Å². The van der Waals surface area contributed by atoms with Crippen LogP contribution in [-0.4, -0.2) is 22.0 Å². The van der Waals surface area contributed by atoms with Crippen molar-refractivity contribution in [3.05, 3.63) is 45.1 Å². The zero-order valence-electron chi connectivity index (χ0n) is 11.3. The van der Waals surface area contributed by atoms with Crippen LogP contribution in [0.3, 0.4) is 0 Å². The first-order valence-electron chi connectivity index (χ1n) is 6.31. The molecule has 0 spiro atoms. The van der Waals surface area contributed by atoms with Gasteiger partial charge in [-0.25, -0.2) is 0 Å². The Kier molecular flexibility index (Phi) is 5.07. The highest BCUT2D eigenvalue weighted by molar-refractivity contribution is 9.10. The van der Waals surface area contributed by atoms with Gasteiger partial charge in [-0.2, -0.15) is 5.10 Å². The second-order valence-electron chi connectivity index (χ2n) is 4.39. The van der Waals surface area contributed by atoms with E-state index in [1.54, 1.807) is 24.1 Å². The predicted octanol–water partition coefficient (Wildman–Crippen LogP) is 3.80. The number of aromatic nitrogens is 2. The van der Waals surface area contributed by atoms with E-state index in [4.69, 9.17) is 16.3 Å². The molecular formula is C14H16BrClN2O2. The van der Waals surface area contributed by atoms with Crippen molar-refractivity contribution in [3.63, 3.8) is 0 Å². The van der Waals surface area contributed by atoms with Crippen LogP contribution in [0.4, 0.5) is 0 Å². The Morgan fingerprint density at radius 1 is 1.50 bits per heavy atom. The highest BCUT2D eigenvalue weighted by Crippen LogP contribution is 2.35. The number of halogens is 2. The molecule has 6 heteroatoms. The number of aryl methyl sites for hydroxylation is 1. The van der Waals surface area contributed by atoms with E-state index >= 15 is 0 Å². The summed E-state index contributed by atoms with van der Waals surface area (Å²) >= 11 is 9.57. The molecular weight excluding hydrogens is 344 g/mol. The molecule has 0 aliphatic heterocycles. The third-order valence-corrected chi connectivity index (χ3v) is 3.80. The van der Waals surface area contributed by atoms with Crippen molar-refractivity contribution in [1.82, 2.24) is 9.78 Å². The third kappa shape index (κ3) is 3.00. The van der Waals surface area contributed by atoms with E-state index < -0.39 is 6.10 Å². The molecule has 1 N–H and O–H groups in total. The molecule has 20 heavy (non-hydrogen) atoms. The van der Waals surface area contributed by atoms with Gasteiger partial charge in [-0.05, 0) is 24.6 Å². The fourth-order valence-electron chi connectivity index (χ4n) is 2.10. The van der Waals surface area contributed by atoms with Crippen molar-refractivity contribution in [2.45, 2.75) is 26.0 Å². The molecule has 0 fully saturated rings. The van der Waals surface area contributed by atoms with E-state index in [9.17, 15) is 5.11 Å². The lowest BCUT2D eigenvalue weighted by atomic mass is 10.1. The van der Waals surface area contributed by atoms with Gasteiger partial charge in [0.1, 0.15) is 11.9 Å². The Labute approximate surface area is 131 Å². The summed E-state index contributed by atoms with van der Waals surface area (Å²) in [6.07, 6.45) is 1.58. The Morgan fingerprint density at radius 3 is 2.90 bits per heavy atom. The van der Waals surface area contributed by atoms with Crippen LogP contribution in [-0.2, 0) is 6.54 Å². The first kappa shape index (κ1) is 15.4. The van der Waals surface area contributed by atoms with Crippen molar-refractivity contribution in [2.24, 2.45) is 0 Å². The summed E-state index contributed by atoms with van der Waals surface area (Å²) in [5.41, 5.74) is 1.24. The van der Waals surface area contributed by atoms with Gasteiger partial charge in [0.25, 0.3) is 0 Å². The van der Waals surface area contributed by atoms with Crippen LogP contribution in [0, 0.1) is 0 Å². The maximum Gasteiger partial charge on any atom is 0.126 e. The maximum absolute atomic E-state index is 10.7. The fourth-order valence-corrected chi connectivity index (χ4v) is 2.72. The molecule has 1 aromatic carbocycles. The lowest BCUT2D eigenvalue weighted by Gasteiger charge is -2.17. The normalized spacial score (nSPS) is 12.4. The topological polar surface area (TPSA) is 47.3 Å². The number of benzene rings is 1. The minimum Gasteiger partial charge on any atom is -0.496 e. The average Bonchev–Trinajstić information content (AvgIpc) is 2.79. The molecule has 4 nitrogen and oxygen atoms in total. The van der Waals surface area contributed by atoms with Gasteiger partial charge in [0.15, 0.2) is 0 Å². The molecule has 0 amide bonds. The zero-order valence-corrected chi connectivity index (χ0v) is 13.6. The van der Waals surface area contributed by atoms with Crippen LogP contribution in [0.15, 0.2) is 28.9 Å². The molecule has 1 heterocycles. The van der Waals surface area contributed by atoms with Gasteiger partial charge in [-0.3, -0.25) is 4.68 Å². The van der Waals surface area contributed by atoms with Crippen LogP contribution in [0.5, 0.6) is 5.75 Å². The number of aliphatic hydroxyl groups is 1. The minimum absolute atomic E-state index is 0.452. The largest absolute Gasteiger partial charge is 0.496 e. The summed E-state index contributed by atoms with van der Waals surface area (Å²) in [6, 6.07) is 5.49. The minimum atomic E-state index is -0.885. The van der Waals surface area contributed by atoms with Gasteiger partial charge >= 0.3 is 0 Å². The van der Waals surface area contributed by atoms with Crippen LogP contribution >= 0.6 is 27.5 Å². The van der Waals surface area contributed by atoms with Crippen LogP contribution in [0.2, 0.25) is 5.02 Å². The molecule has 0 aliphatic carbocycles. The third-order valence-electron chi connectivity index (χ3n) is 3.01. The van der Waals surface area contributed by atoms with Gasteiger partial charge in [-0.1, -0.05) is 34.5 Å². The summed E-state index contributed by atoms with van der Waals surface area (Å²) < 4.78 is 7.90. The van der Waals surface area contributed by atoms with Gasteiger partial charge < -0.3 is 9.84 Å². The summed E-state index contributed by atoms with van der Waals surface area (Å²) in [5.74, 6) is 0.612. The second-order valence-corrected chi connectivity index (χ2v) is 5.71. The SMILES string of the molecule is CCCn1ncc(Cl)c1C(O)c1cc(Br)ccc1OC. The molecule has 0 bridgehead atoms. The zero-order chi connectivity index (χ0) is 14.7. The number of nitrogens with zero attached hydrogens (tertiary/aromatic N) is 2. The maximum atomic E-state index is 10.7. The molecule has 2 rings (SSSR count). The molecule has 0 saturated heterocycles. The number of hydrogen-bond acceptors (Lipinski definition) is 3. The summed E-state index contributed by atoms with van der Waals surface area (Å²) in [6.45, 7) is 2.75. The van der Waals surface area contributed by atoms with Crippen molar-refractivity contribution < 1.29 is 9.84 Å². The lowest BCUT2D eigenvalue weighted by molar-refractivity contribution is 0.202. The number of methoxy groups -OCH3 is 1. The molecule has 0 aliphatic rings. The highest BCUT2D eigenvalue weighted by Gasteiger charge is 2.23. The lowest BCUT2D eigenvalue weighted by Crippen LogP contribution is -2.11. The van der Waals surface area contributed by atoms with Crippen molar-refractivity contribution in [1.29, 1.82) is 0 Å². The quantitative estimate of drug-likeness (QED) is 0.883. The van der Waals surface area contributed by atoms with Gasteiger partial charge in [0.2, 0.25) is 0 Å². The summed E-state index contributed by atoms with van der Waals surface area (Å²) in [5, 5.41) is 15.3. The van der Waals surface area contributed by atoms with Gasteiger partial charge in [0.05, 0.1) is 24.0 Å². The van der Waals surface area contributed by atoms with E-state index in [0.717, 1.165) is 10.9 Å². The van der Waals surface area contributed by atoms with Crippen molar-refractivity contribution in [2.75, 3.05) is 7.11 Å². The summed E-state index contributed by atoms with van der Waals surface area (Å²) in [4.78, 5) is 0. The van der Waals surface area contributed by atoms with E-state index in [0.29, 0.717) is 28.6 Å². The molecule has 0 saturated carbocycles. The molecule has 1 unspecified atom stereocenters. The first-order chi connectivity index (χ1) is 9.58. The van der Waals surface area contributed by atoms with Crippen LogP contribution in [0.1, 0.15) is 30.7 Å². The predicted molar refractivity (Wildman–Crippen MR) is 82.3 cm³/mol. The van der Waals surface area contributed by atoms with Crippen molar-refractivity contribution in [3.8, 4) is 5.75 Å². The fraction of sp³-hybridized carbons (Fsp3) is 0.357. The molecule has 0 radical (unpaired) electrons. The molecule has 1 aromatic heterocycles. The first-order valence-corrected chi connectivity index (χ1v) is 7.48. The standard InChI is InChI=1S/C14H16BrClN2O2/c1-3-6-18-13(11(16)8-17-18)14(19)10-7-9(15)4-5-12(10)20-2/h4-5,7-8,14,19H,3,6H2,1-2H3. The number of hydrogen-bond donors (Lipinski definition) is 1. The Morgan fingerprint density at radius 2 is 2.25 bits per heavy atom. The van der Waals surface area contributed by atoms with Gasteiger partial charge in [0, 0.05) is 16.6 Å². The van der Waals surface area contributed by atoms with E-state index in [2.05, 4.69) is 21.0 Å². The van der Waals surface area contributed by atoms with E-state index in [-0.39, 0.29) is 0 Å². The summed E-state index contributed by atoms with van der Waals surface area (Å²) in [7, 11) is 1.57. The Hall–Kier alpha value is -1.04. The number of ether oxygens (including phenoxy) is 1. The number of aliphatic hydroxyl groups excluding tert-OH is 1. The Bertz CT molecular complexity index is 601. The van der Waals surface area contributed by atoms with E-state index in [1.807, 2.05) is 19.1 Å². The van der Waals surface area contributed by atoms with Crippen molar-refractivity contribution >= 4 is 27.5 Å². The second kappa shape index (κ2) is 6.61. The van der Waals surface area contributed by atoms with Gasteiger partial charge in [-0.15, -0.1) is 0 Å². The molecule has 2 aromatic rings. The Balaban J connectivity index is 2.48. The molecule has 108 valence electrons. The average molecular weight is 360 g/mol. The van der Waals surface area contributed by atoms with Crippen LogP contribution in [0.25, 0.3) is 0 Å². The molecule has 1 atom stereocenters. The van der Waals surface area contributed by atoms with E-state index in [1.165, 1.54) is 0 Å².